The van der Waals surface area contributed by atoms with Crippen LogP contribution in [0.2, 0.25) is 0 Å². The van der Waals surface area contributed by atoms with Crippen LogP contribution in [0.5, 0.6) is 5.75 Å². The molecular formula is C12H14F2N2O4S. The summed E-state index contributed by atoms with van der Waals surface area (Å²) in [5.41, 5.74) is -1.01. The van der Waals surface area contributed by atoms with Gasteiger partial charge in [-0.2, -0.15) is 20.5 Å². The molecule has 0 radical (unpaired) electrons. The van der Waals surface area contributed by atoms with Crippen LogP contribution in [0.15, 0.2) is 18.2 Å². The van der Waals surface area contributed by atoms with E-state index in [-0.39, 0.29) is 6.54 Å². The number of hydrogen-bond donors (Lipinski definition) is 2. The zero-order valence-electron chi connectivity index (χ0n) is 10.9. The third-order valence-corrected chi connectivity index (χ3v) is 4.31. The average Bonchev–Trinajstić information content (AvgIpc) is 2.83. The Labute approximate surface area is 123 Å². The molecule has 116 valence electrons. The number of anilines is 1. The summed E-state index contributed by atoms with van der Waals surface area (Å²) in [6.45, 7) is -2.90. The molecule has 1 aliphatic heterocycles. The van der Waals surface area contributed by atoms with E-state index >= 15 is 0 Å². The third-order valence-electron chi connectivity index (χ3n) is 3.08. The van der Waals surface area contributed by atoms with Crippen LogP contribution in [-0.4, -0.2) is 40.3 Å². The van der Waals surface area contributed by atoms with E-state index in [1.54, 1.807) is 11.8 Å². The van der Waals surface area contributed by atoms with Gasteiger partial charge in [0.15, 0.2) is 0 Å². The third kappa shape index (κ3) is 4.18. The maximum atomic E-state index is 12.3. The van der Waals surface area contributed by atoms with E-state index in [9.17, 15) is 24.0 Å². The molecule has 6 nitrogen and oxygen atoms in total. The fraction of sp³-hybridized carbons (Fsp3) is 0.500. The number of nitrogens with zero attached hydrogens (tertiary/aromatic N) is 1. The Hall–Kier alpha value is -1.61. The molecule has 2 N–H and O–H groups in total. The summed E-state index contributed by atoms with van der Waals surface area (Å²) in [6, 6.07) is 3.62. The molecular weight excluding hydrogens is 306 g/mol. The predicted molar refractivity (Wildman–Crippen MR) is 75.1 cm³/mol. The first-order valence-corrected chi connectivity index (χ1v) is 7.32. The first-order valence-electron chi connectivity index (χ1n) is 6.17. The number of nitro groups is 1. The lowest BCUT2D eigenvalue weighted by atomic mass is 10.0. The van der Waals surface area contributed by atoms with Crippen molar-refractivity contribution in [1.29, 1.82) is 0 Å². The second kappa shape index (κ2) is 6.44. The molecule has 0 spiro atoms. The quantitative estimate of drug-likeness (QED) is 0.619. The molecule has 9 heteroatoms. The minimum atomic E-state index is -3.14. The summed E-state index contributed by atoms with van der Waals surface area (Å²) in [6.07, 6.45) is 0.637. The van der Waals surface area contributed by atoms with Gasteiger partial charge < -0.3 is 15.2 Å². The predicted octanol–water partition coefficient (Wildman–Crippen LogP) is 2.48. The van der Waals surface area contributed by atoms with E-state index < -0.39 is 28.6 Å². The molecule has 1 aromatic carbocycles. The second-order valence-electron chi connectivity index (χ2n) is 4.70. The molecule has 21 heavy (non-hydrogen) atoms. The van der Waals surface area contributed by atoms with Crippen LogP contribution in [0.4, 0.5) is 20.2 Å². The highest BCUT2D eigenvalue weighted by molar-refractivity contribution is 7.99. The molecule has 0 aliphatic carbocycles. The van der Waals surface area contributed by atoms with Gasteiger partial charge >= 0.3 is 12.3 Å². The van der Waals surface area contributed by atoms with Gasteiger partial charge in [0, 0.05) is 30.1 Å². The maximum absolute atomic E-state index is 12.3. The maximum Gasteiger partial charge on any atom is 0.387 e. The van der Waals surface area contributed by atoms with Gasteiger partial charge in [-0.05, 0) is 18.2 Å². The number of halogens is 2. The minimum absolute atomic E-state index is 0.242. The number of rotatable bonds is 6. The lowest BCUT2D eigenvalue weighted by molar-refractivity contribution is -0.386. The standard InChI is InChI=1S/C12H14F2N2O4S/c13-11(14)20-10-5-8(1-2-9(10)16(18)19)15-6-12(17)3-4-21-7-12/h1-2,5,11,15,17H,3-4,6-7H2. The number of ether oxygens (including phenoxy) is 1. The summed E-state index contributed by atoms with van der Waals surface area (Å²) in [4.78, 5) is 9.96. The number of thioether (sulfide) groups is 1. The number of alkyl halides is 2. The number of benzene rings is 1. The van der Waals surface area contributed by atoms with E-state index in [0.717, 1.165) is 17.9 Å². The number of hydrogen-bond acceptors (Lipinski definition) is 6. The Balaban J connectivity index is 2.11. The van der Waals surface area contributed by atoms with Crippen molar-refractivity contribution < 1.29 is 23.5 Å². The zero-order chi connectivity index (χ0) is 15.5. The SMILES string of the molecule is O=[N+]([O-])c1ccc(NCC2(O)CCSC2)cc1OC(F)F. The molecule has 1 saturated heterocycles. The number of aliphatic hydroxyl groups is 1. The molecule has 1 aromatic rings. The van der Waals surface area contributed by atoms with Gasteiger partial charge in [-0.1, -0.05) is 0 Å². The van der Waals surface area contributed by atoms with Crippen molar-refractivity contribution in [3.05, 3.63) is 28.3 Å². The van der Waals surface area contributed by atoms with E-state index in [1.807, 2.05) is 0 Å². The topological polar surface area (TPSA) is 84.6 Å². The lowest BCUT2D eigenvalue weighted by Crippen LogP contribution is -2.36. The highest BCUT2D eigenvalue weighted by Crippen LogP contribution is 2.32. The van der Waals surface area contributed by atoms with E-state index in [4.69, 9.17) is 0 Å². The zero-order valence-corrected chi connectivity index (χ0v) is 11.7. The lowest BCUT2D eigenvalue weighted by Gasteiger charge is -2.22. The second-order valence-corrected chi connectivity index (χ2v) is 5.80. The van der Waals surface area contributed by atoms with Crippen molar-refractivity contribution in [2.45, 2.75) is 18.6 Å². The van der Waals surface area contributed by atoms with Crippen LogP contribution < -0.4 is 10.1 Å². The molecule has 0 amide bonds. The van der Waals surface area contributed by atoms with Crippen LogP contribution in [0.3, 0.4) is 0 Å². The molecule has 2 rings (SSSR count). The number of nitro benzene ring substituents is 1. The summed E-state index contributed by atoms with van der Waals surface area (Å²) >= 11 is 1.63. The fourth-order valence-electron chi connectivity index (χ4n) is 1.97. The largest absolute Gasteiger partial charge is 0.427 e. The summed E-state index contributed by atoms with van der Waals surface area (Å²) in [5.74, 6) is 0.943. The van der Waals surface area contributed by atoms with Crippen molar-refractivity contribution in [3.63, 3.8) is 0 Å². The Morgan fingerprint density at radius 3 is 2.90 bits per heavy atom. The van der Waals surface area contributed by atoms with Crippen molar-refractivity contribution in [2.24, 2.45) is 0 Å². The Kier molecular flexibility index (Phi) is 4.84. The molecule has 1 unspecified atom stereocenters. The normalized spacial score (nSPS) is 21.5. The smallest absolute Gasteiger partial charge is 0.387 e. The van der Waals surface area contributed by atoms with Crippen LogP contribution in [0.25, 0.3) is 0 Å². The van der Waals surface area contributed by atoms with Gasteiger partial charge in [0.1, 0.15) is 0 Å². The van der Waals surface area contributed by atoms with Crippen molar-refractivity contribution in [3.8, 4) is 5.75 Å². The Morgan fingerprint density at radius 2 is 2.33 bits per heavy atom. The fourth-order valence-corrected chi connectivity index (χ4v) is 3.26. The highest BCUT2D eigenvalue weighted by atomic mass is 32.2. The molecule has 0 aromatic heterocycles. The van der Waals surface area contributed by atoms with Gasteiger partial charge in [0.25, 0.3) is 0 Å². The molecule has 1 heterocycles. The van der Waals surface area contributed by atoms with Gasteiger partial charge in [0.05, 0.1) is 10.5 Å². The van der Waals surface area contributed by atoms with Crippen LogP contribution in [-0.2, 0) is 0 Å². The van der Waals surface area contributed by atoms with Crippen LogP contribution in [0.1, 0.15) is 6.42 Å². The van der Waals surface area contributed by atoms with Crippen LogP contribution in [0, 0.1) is 10.1 Å². The minimum Gasteiger partial charge on any atom is -0.427 e. The molecule has 0 bridgehead atoms. The molecule has 1 fully saturated rings. The van der Waals surface area contributed by atoms with E-state index in [0.29, 0.717) is 17.9 Å². The first-order chi connectivity index (χ1) is 9.89. The van der Waals surface area contributed by atoms with Gasteiger partial charge in [-0.15, -0.1) is 0 Å². The van der Waals surface area contributed by atoms with Crippen molar-refractivity contribution in [2.75, 3.05) is 23.4 Å². The summed E-state index contributed by atoms with van der Waals surface area (Å²) in [7, 11) is 0. The summed E-state index contributed by atoms with van der Waals surface area (Å²) < 4.78 is 28.7. The van der Waals surface area contributed by atoms with Crippen LogP contribution >= 0.6 is 11.8 Å². The highest BCUT2D eigenvalue weighted by Gasteiger charge is 2.31. The summed E-state index contributed by atoms with van der Waals surface area (Å²) in [5, 5.41) is 23.8. The van der Waals surface area contributed by atoms with Gasteiger partial charge in [0.2, 0.25) is 5.75 Å². The van der Waals surface area contributed by atoms with Crippen molar-refractivity contribution in [1.82, 2.24) is 0 Å². The van der Waals surface area contributed by atoms with E-state index in [1.165, 1.54) is 6.07 Å². The van der Waals surface area contributed by atoms with Crippen molar-refractivity contribution >= 4 is 23.1 Å². The Bertz CT molecular complexity index is 524. The average molecular weight is 320 g/mol. The molecule has 1 aliphatic rings. The van der Waals surface area contributed by atoms with Gasteiger partial charge in [-0.3, -0.25) is 10.1 Å². The molecule has 1 atom stereocenters. The number of nitrogens with one attached hydrogen (secondary N) is 1. The first kappa shape index (κ1) is 15.8. The Morgan fingerprint density at radius 1 is 1.57 bits per heavy atom. The monoisotopic (exact) mass is 320 g/mol. The van der Waals surface area contributed by atoms with Gasteiger partial charge in [-0.25, -0.2) is 0 Å². The molecule has 0 saturated carbocycles. The van der Waals surface area contributed by atoms with E-state index in [2.05, 4.69) is 10.1 Å².